The van der Waals surface area contributed by atoms with E-state index in [2.05, 4.69) is 16.3 Å². The maximum Gasteiger partial charge on any atom is 0.200 e. The maximum atomic E-state index is 5.77. The van der Waals surface area contributed by atoms with Crippen molar-refractivity contribution in [3.05, 3.63) is 17.7 Å². The number of benzene rings is 1. The number of aromatic nitrogens is 2. The van der Waals surface area contributed by atoms with Gasteiger partial charge in [0.05, 0.1) is 12.2 Å². The van der Waals surface area contributed by atoms with Crippen LogP contribution in [0.1, 0.15) is 19.4 Å². The van der Waals surface area contributed by atoms with Gasteiger partial charge < -0.3 is 15.2 Å². The molecule has 2 N–H and O–H groups in total. The Morgan fingerprint density at radius 1 is 1.53 bits per heavy atom. The van der Waals surface area contributed by atoms with Gasteiger partial charge in [0.25, 0.3) is 0 Å². The Bertz CT molecular complexity index is 612. The molecular formula is C13H15N3O2S. The van der Waals surface area contributed by atoms with Crippen LogP contribution in [0.25, 0.3) is 11.4 Å². The Kier molecular flexibility index (Phi) is 3.02. The molecule has 1 atom stereocenters. The molecule has 3 rings (SSSR count). The van der Waals surface area contributed by atoms with E-state index >= 15 is 0 Å². The minimum Gasteiger partial charge on any atom is -0.493 e. The number of rotatable bonds is 3. The third-order valence-corrected chi connectivity index (χ3v) is 3.52. The van der Waals surface area contributed by atoms with Gasteiger partial charge in [-0.2, -0.15) is 9.36 Å². The number of nitrogen functional groups attached to an aromatic ring is 1. The van der Waals surface area contributed by atoms with Crippen molar-refractivity contribution in [2.45, 2.75) is 26.4 Å². The van der Waals surface area contributed by atoms with Crippen LogP contribution in [0, 0.1) is 0 Å². The Balaban J connectivity index is 2.09. The summed E-state index contributed by atoms with van der Waals surface area (Å²) < 4.78 is 15.7. The van der Waals surface area contributed by atoms with E-state index < -0.39 is 0 Å². The molecule has 2 heterocycles. The molecule has 0 amide bonds. The van der Waals surface area contributed by atoms with Crippen LogP contribution in [0.3, 0.4) is 0 Å². The van der Waals surface area contributed by atoms with Gasteiger partial charge in [-0.25, -0.2) is 0 Å². The number of anilines is 1. The lowest BCUT2D eigenvalue weighted by atomic mass is 10.1. The molecule has 2 aromatic rings. The first kappa shape index (κ1) is 12.2. The van der Waals surface area contributed by atoms with E-state index in [1.807, 2.05) is 19.1 Å². The Labute approximate surface area is 115 Å². The predicted molar refractivity (Wildman–Crippen MR) is 74.7 cm³/mol. The van der Waals surface area contributed by atoms with Gasteiger partial charge in [0.1, 0.15) is 17.6 Å². The van der Waals surface area contributed by atoms with Crippen molar-refractivity contribution in [3.8, 4) is 22.9 Å². The Morgan fingerprint density at radius 2 is 2.37 bits per heavy atom. The van der Waals surface area contributed by atoms with Gasteiger partial charge in [-0.3, -0.25) is 0 Å². The molecule has 1 unspecified atom stereocenters. The van der Waals surface area contributed by atoms with E-state index in [1.54, 1.807) is 0 Å². The molecule has 0 aliphatic carbocycles. The molecule has 100 valence electrons. The molecule has 0 bridgehead atoms. The van der Waals surface area contributed by atoms with Crippen LogP contribution in [0.4, 0.5) is 5.13 Å². The van der Waals surface area contributed by atoms with E-state index in [4.69, 9.17) is 15.2 Å². The topological polar surface area (TPSA) is 70.3 Å². The third-order valence-electron chi connectivity index (χ3n) is 2.98. The molecule has 0 fully saturated rings. The van der Waals surface area contributed by atoms with Gasteiger partial charge in [-0.05, 0) is 26.0 Å². The molecule has 19 heavy (non-hydrogen) atoms. The second kappa shape index (κ2) is 4.70. The number of nitrogens with two attached hydrogens (primary N) is 1. The summed E-state index contributed by atoms with van der Waals surface area (Å²) >= 11 is 1.18. The van der Waals surface area contributed by atoms with E-state index in [9.17, 15) is 0 Å². The molecule has 5 nitrogen and oxygen atoms in total. The summed E-state index contributed by atoms with van der Waals surface area (Å²) in [4.78, 5) is 4.22. The smallest absolute Gasteiger partial charge is 0.200 e. The average Bonchev–Trinajstić information content (AvgIpc) is 2.93. The zero-order chi connectivity index (χ0) is 13.4. The molecule has 1 aliphatic heterocycles. The zero-order valence-electron chi connectivity index (χ0n) is 10.8. The lowest BCUT2D eigenvalue weighted by molar-refractivity contribution is 0.254. The third kappa shape index (κ3) is 2.23. The molecule has 0 spiro atoms. The Morgan fingerprint density at radius 3 is 3.05 bits per heavy atom. The lowest BCUT2D eigenvalue weighted by Crippen LogP contribution is -2.05. The number of ether oxygens (including phenoxy) is 2. The van der Waals surface area contributed by atoms with Gasteiger partial charge in [0.15, 0.2) is 11.0 Å². The largest absolute Gasteiger partial charge is 0.493 e. The highest BCUT2D eigenvalue weighted by Gasteiger charge is 2.23. The molecule has 1 aromatic heterocycles. The van der Waals surface area contributed by atoms with Crippen LogP contribution in [0.15, 0.2) is 12.1 Å². The quantitative estimate of drug-likeness (QED) is 0.933. The van der Waals surface area contributed by atoms with Crippen LogP contribution in [0.2, 0.25) is 0 Å². The normalized spacial score (nSPS) is 17.1. The first-order chi connectivity index (χ1) is 9.17. The first-order valence-corrected chi connectivity index (χ1v) is 7.00. The van der Waals surface area contributed by atoms with Gasteiger partial charge in [-0.15, -0.1) is 0 Å². The van der Waals surface area contributed by atoms with Crippen LogP contribution >= 0.6 is 11.5 Å². The molecule has 0 saturated carbocycles. The summed E-state index contributed by atoms with van der Waals surface area (Å²) in [7, 11) is 0. The van der Waals surface area contributed by atoms with Gasteiger partial charge in [-0.1, -0.05) is 0 Å². The second-order valence-electron chi connectivity index (χ2n) is 4.48. The van der Waals surface area contributed by atoms with Crippen molar-refractivity contribution in [2.24, 2.45) is 0 Å². The number of fused-ring (bicyclic) bond motifs is 1. The minimum atomic E-state index is 0.202. The van der Waals surface area contributed by atoms with Gasteiger partial charge in [0.2, 0.25) is 0 Å². The van der Waals surface area contributed by atoms with Gasteiger partial charge in [0, 0.05) is 23.5 Å². The van der Waals surface area contributed by atoms with Crippen molar-refractivity contribution >= 4 is 16.7 Å². The van der Waals surface area contributed by atoms with Crippen molar-refractivity contribution in [2.75, 3.05) is 12.3 Å². The van der Waals surface area contributed by atoms with Crippen molar-refractivity contribution < 1.29 is 9.47 Å². The fourth-order valence-corrected chi connectivity index (χ4v) is 2.68. The second-order valence-corrected chi connectivity index (χ2v) is 5.26. The molecule has 6 heteroatoms. The van der Waals surface area contributed by atoms with Crippen LogP contribution in [-0.4, -0.2) is 22.1 Å². The summed E-state index contributed by atoms with van der Waals surface area (Å²) in [5.41, 5.74) is 7.65. The highest BCUT2D eigenvalue weighted by Crippen LogP contribution is 2.39. The molecule has 0 saturated heterocycles. The number of hydrogen-bond acceptors (Lipinski definition) is 6. The van der Waals surface area contributed by atoms with Crippen molar-refractivity contribution in [3.63, 3.8) is 0 Å². The van der Waals surface area contributed by atoms with Crippen molar-refractivity contribution in [1.82, 2.24) is 9.36 Å². The van der Waals surface area contributed by atoms with Crippen LogP contribution in [0.5, 0.6) is 11.5 Å². The molecule has 1 aliphatic rings. The summed E-state index contributed by atoms with van der Waals surface area (Å²) in [6, 6.07) is 3.97. The number of hydrogen-bond donors (Lipinski definition) is 1. The summed E-state index contributed by atoms with van der Waals surface area (Å²) in [6.07, 6.45) is 1.11. The fourth-order valence-electron chi connectivity index (χ4n) is 2.23. The highest BCUT2D eigenvalue weighted by molar-refractivity contribution is 7.09. The Hall–Kier alpha value is -1.82. The standard InChI is InChI=1S/C13H15N3O2S/c1-3-17-11-5-8-4-7(2)18-10(8)6-9(11)12-15-13(14)19-16-12/h5-7H,3-4H2,1-2H3,(H2,14,15,16). The van der Waals surface area contributed by atoms with Crippen molar-refractivity contribution in [1.29, 1.82) is 0 Å². The van der Waals surface area contributed by atoms with E-state index in [0.29, 0.717) is 17.6 Å². The summed E-state index contributed by atoms with van der Waals surface area (Å²) in [6.45, 7) is 4.61. The molecule has 1 aromatic carbocycles. The SMILES string of the molecule is CCOc1cc2c(cc1-c1nsc(N)n1)OC(C)C2. The predicted octanol–water partition coefficient (Wildman–Crippen LogP) is 2.51. The average molecular weight is 277 g/mol. The summed E-state index contributed by atoms with van der Waals surface area (Å²) in [5, 5.41) is 0.451. The molecular weight excluding hydrogens is 262 g/mol. The van der Waals surface area contributed by atoms with Crippen LogP contribution < -0.4 is 15.2 Å². The zero-order valence-corrected chi connectivity index (χ0v) is 11.7. The monoisotopic (exact) mass is 277 g/mol. The van der Waals surface area contributed by atoms with Gasteiger partial charge >= 0.3 is 0 Å². The minimum absolute atomic E-state index is 0.202. The summed E-state index contributed by atoms with van der Waals surface area (Å²) in [5.74, 6) is 2.27. The van der Waals surface area contributed by atoms with E-state index in [-0.39, 0.29) is 6.10 Å². The molecule has 0 radical (unpaired) electrons. The maximum absolute atomic E-state index is 5.77. The lowest BCUT2D eigenvalue weighted by Gasteiger charge is -2.10. The highest BCUT2D eigenvalue weighted by atomic mass is 32.1. The van der Waals surface area contributed by atoms with Crippen LogP contribution in [-0.2, 0) is 6.42 Å². The fraction of sp³-hybridized carbons (Fsp3) is 0.385. The van der Waals surface area contributed by atoms with E-state index in [0.717, 1.165) is 23.5 Å². The number of nitrogens with zero attached hydrogens (tertiary/aromatic N) is 2. The first-order valence-electron chi connectivity index (χ1n) is 6.23. The van der Waals surface area contributed by atoms with E-state index in [1.165, 1.54) is 17.1 Å².